The molecule has 0 aliphatic carbocycles. The molecule has 1 amide bonds. The van der Waals surface area contributed by atoms with Gasteiger partial charge in [0.15, 0.2) is 5.76 Å². The Morgan fingerprint density at radius 3 is 2.70 bits per heavy atom. The third-order valence-corrected chi connectivity index (χ3v) is 3.49. The van der Waals surface area contributed by atoms with Gasteiger partial charge in [0.2, 0.25) is 0 Å². The first-order chi connectivity index (χ1) is 9.65. The fourth-order valence-corrected chi connectivity index (χ4v) is 2.38. The van der Waals surface area contributed by atoms with Crippen LogP contribution in [0.3, 0.4) is 0 Å². The second-order valence-electron chi connectivity index (χ2n) is 4.90. The monoisotopic (exact) mass is 284 g/mol. The van der Waals surface area contributed by atoms with Gasteiger partial charge in [0, 0.05) is 26.2 Å². The van der Waals surface area contributed by atoms with Gasteiger partial charge in [0.1, 0.15) is 0 Å². The Kier molecular flexibility index (Phi) is 5.13. The lowest BCUT2D eigenvalue weighted by atomic mass is 10.2. The predicted octanol–water partition coefficient (Wildman–Crippen LogP) is -1.25. The Morgan fingerprint density at radius 1 is 1.35 bits per heavy atom. The maximum absolute atomic E-state index is 12.2. The summed E-state index contributed by atoms with van der Waals surface area (Å²) in [5.41, 5.74) is 0. The lowest BCUT2D eigenvalue weighted by molar-refractivity contribution is 0.0460. The predicted molar refractivity (Wildman–Crippen MR) is 70.2 cm³/mol. The van der Waals surface area contributed by atoms with Gasteiger partial charge in [-0.05, 0) is 12.1 Å². The summed E-state index contributed by atoms with van der Waals surface area (Å²) in [5.74, 6) is -0.0213. The van der Waals surface area contributed by atoms with Gasteiger partial charge in [0.05, 0.1) is 31.6 Å². The molecule has 0 aromatic carbocycles. The van der Waals surface area contributed by atoms with Gasteiger partial charge in [0.25, 0.3) is 5.91 Å². The van der Waals surface area contributed by atoms with Crippen LogP contribution in [0.25, 0.3) is 0 Å². The van der Waals surface area contributed by atoms with Crippen molar-refractivity contribution < 1.29 is 24.5 Å². The minimum Gasteiger partial charge on any atom is -0.459 e. The zero-order valence-corrected chi connectivity index (χ0v) is 11.2. The number of hydrogen-bond acceptors (Lipinski definition) is 6. The number of nitrogens with zero attached hydrogens (tertiary/aromatic N) is 2. The molecule has 20 heavy (non-hydrogen) atoms. The molecule has 1 unspecified atom stereocenters. The van der Waals surface area contributed by atoms with E-state index in [0.29, 0.717) is 19.6 Å². The van der Waals surface area contributed by atoms with Crippen LogP contribution in [0.15, 0.2) is 22.8 Å². The SMILES string of the molecule is O=C(c1ccco1)N1CCN(C(CO)CO)CC(O)C1. The summed E-state index contributed by atoms with van der Waals surface area (Å²) in [6.07, 6.45) is 0.707. The average molecular weight is 284 g/mol. The normalized spacial score (nSPS) is 21.2. The highest BCUT2D eigenvalue weighted by Gasteiger charge is 2.29. The van der Waals surface area contributed by atoms with Crippen molar-refractivity contribution in [1.29, 1.82) is 0 Å². The fourth-order valence-electron chi connectivity index (χ4n) is 2.38. The average Bonchev–Trinajstić information content (AvgIpc) is 2.90. The minimum atomic E-state index is -0.725. The van der Waals surface area contributed by atoms with E-state index in [-0.39, 0.29) is 31.4 Å². The molecule has 0 bridgehead atoms. The van der Waals surface area contributed by atoms with Crippen LogP contribution in [0.2, 0.25) is 0 Å². The second kappa shape index (κ2) is 6.85. The van der Waals surface area contributed by atoms with Gasteiger partial charge >= 0.3 is 0 Å². The van der Waals surface area contributed by atoms with E-state index in [1.165, 1.54) is 11.2 Å². The van der Waals surface area contributed by atoms with Gasteiger partial charge in [-0.15, -0.1) is 0 Å². The standard InChI is InChI=1S/C13H20N2O5/c16-8-10(9-17)14-3-4-15(7-11(18)6-14)13(19)12-2-1-5-20-12/h1-2,5,10-11,16-18H,3-4,6-9H2. The van der Waals surface area contributed by atoms with Crippen molar-refractivity contribution in [2.75, 3.05) is 39.4 Å². The third kappa shape index (κ3) is 3.37. The first-order valence-electron chi connectivity index (χ1n) is 6.62. The number of β-amino-alcohol motifs (C(OH)–C–C–N with tert-alkyl or cyclic N) is 1. The molecule has 1 saturated heterocycles. The number of carbonyl (C=O) groups is 1. The molecule has 2 rings (SSSR count). The Hall–Kier alpha value is -1.41. The van der Waals surface area contributed by atoms with Crippen molar-refractivity contribution >= 4 is 5.91 Å². The molecule has 7 nitrogen and oxygen atoms in total. The van der Waals surface area contributed by atoms with Crippen LogP contribution in [0.4, 0.5) is 0 Å². The Morgan fingerprint density at radius 2 is 2.10 bits per heavy atom. The lowest BCUT2D eigenvalue weighted by Gasteiger charge is -2.28. The topological polar surface area (TPSA) is 97.4 Å². The van der Waals surface area contributed by atoms with E-state index in [1.54, 1.807) is 17.0 Å². The van der Waals surface area contributed by atoms with Gasteiger partial charge in [-0.2, -0.15) is 0 Å². The van der Waals surface area contributed by atoms with Crippen LogP contribution in [0.1, 0.15) is 10.6 Å². The van der Waals surface area contributed by atoms with Crippen LogP contribution in [-0.4, -0.2) is 82.6 Å². The molecule has 1 atom stereocenters. The van der Waals surface area contributed by atoms with E-state index in [2.05, 4.69) is 0 Å². The molecule has 0 spiro atoms. The zero-order valence-electron chi connectivity index (χ0n) is 11.2. The van der Waals surface area contributed by atoms with E-state index in [4.69, 9.17) is 4.42 Å². The summed E-state index contributed by atoms with van der Waals surface area (Å²) in [6, 6.07) is 2.81. The molecule has 7 heteroatoms. The highest BCUT2D eigenvalue weighted by Crippen LogP contribution is 2.12. The maximum atomic E-state index is 12.2. The number of hydrogen-bond donors (Lipinski definition) is 3. The molecule has 3 N–H and O–H groups in total. The van der Waals surface area contributed by atoms with E-state index in [0.717, 1.165) is 0 Å². The highest BCUT2D eigenvalue weighted by molar-refractivity contribution is 5.91. The maximum Gasteiger partial charge on any atom is 0.289 e. The summed E-state index contributed by atoms with van der Waals surface area (Å²) < 4.78 is 5.07. The molecule has 2 heterocycles. The van der Waals surface area contributed by atoms with Crippen molar-refractivity contribution in [3.8, 4) is 0 Å². The Balaban J connectivity index is 2.03. The molecular formula is C13H20N2O5. The van der Waals surface area contributed by atoms with Gasteiger partial charge in [-0.1, -0.05) is 0 Å². The van der Waals surface area contributed by atoms with Gasteiger partial charge in [-0.25, -0.2) is 0 Å². The largest absolute Gasteiger partial charge is 0.459 e. The number of aliphatic hydroxyl groups excluding tert-OH is 3. The quantitative estimate of drug-likeness (QED) is 0.639. The van der Waals surface area contributed by atoms with Crippen LogP contribution in [0, 0.1) is 0 Å². The zero-order chi connectivity index (χ0) is 14.5. The van der Waals surface area contributed by atoms with E-state index >= 15 is 0 Å². The molecule has 0 saturated carbocycles. The van der Waals surface area contributed by atoms with Crippen molar-refractivity contribution in [3.05, 3.63) is 24.2 Å². The van der Waals surface area contributed by atoms with Crippen molar-refractivity contribution in [2.45, 2.75) is 12.1 Å². The van der Waals surface area contributed by atoms with Gasteiger partial charge < -0.3 is 24.6 Å². The van der Waals surface area contributed by atoms with E-state index in [1.807, 2.05) is 0 Å². The molecule has 1 aromatic rings. The molecule has 1 aliphatic rings. The molecule has 1 aromatic heterocycles. The van der Waals surface area contributed by atoms with Crippen LogP contribution < -0.4 is 0 Å². The molecule has 1 fully saturated rings. The summed E-state index contributed by atoms with van der Waals surface area (Å²) in [6.45, 7) is 1.04. The summed E-state index contributed by atoms with van der Waals surface area (Å²) in [5, 5.41) is 28.4. The van der Waals surface area contributed by atoms with Crippen LogP contribution in [0.5, 0.6) is 0 Å². The summed E-state index contributed by atoms with van der Waals surface area (Å²) in [4.78, 5) is 15.5. The smallest absolute Gasteiger partial charge is 0.289 e. The number of amides is 1. The van der Waals surface area contributed by atoms with Crippen molar-refractivity contribution in [3.63, 3.8) is 0 Å². The Labute approximate surface area is 117 Å². The molecular weight excluding hydrogens is 264 g/mol. The summed E-state index contributed by atoms with van der Waals surface area (Å²) in [7, 11) is 0. The first kappa shape index (κ1) is 15.0. The molecule has 0 radical (unpaired) electrons. The fraction of sp³-hybridized carbons (Fsp3) is 0.615. The number of rotatable bonds is 4. The van der Waals surface area contributed by atoms with Crippen LogP contribution in [-0.2, 0) is 0 Å². The van der Waals surface area contributed by atoms with Gasteiger partial charge in [-0.3, -0.25) is 9.69 Å². The van der Waals surface area contributed by atoms with Crippen molar-refractivity contribution in [2.24, 2.45) is 0 Å². The Bertz CT molecular complexity index is 418. The number of carbonyl (C=O) groups excluding carboxylic acids is 1. The lowest BCUT2D eigenvalue weighted by Crippen LogP contribution is -2.44. The highest BCUT2D eigenvalue weighted by atomic mass is 16.3. The minimum absolute atomic E-state index is 0.185. The third-order valence-electron chi connectivity index (χ3n) is 3.49. The number of aliphatic hydroxyl groups is 3. The number of furan rings is 1. The van der Waals surface area contributed by atoms with E-state index < -0.39 is 12.1 Å². The first-order valence-corrected chi connectivity index (χ1v) is 6.62. The molecule has 112 valence electrons. The molecule has 1 aliphatic heterocycles. The van der Waals surface area contributed by atoms with Crippen molar-refractivity contribution in [1.82, 2.24) is 9.80 Å². The summed E-state index contributed by atoms with van der Waals surface area (Å²) >= 11 is 0. The second-order valence-corrected chi connectivity index (χ2v) is 4.90. The van der Waals surface area contributed by atoms with E-state index in [9.17, 15) is 20.1 Å². The van der Waals surface area contributed by atoms with Crippen LogP contribution >= 0.6 is 0 Å².